The predicted molar refractivity (Wildman–Crippen MR) is 117 cm³/mol. The van der Waals surface area contributed by atoms with Gasteiger partial charge in [-0.1, -0.05) is 29.3 Å². The van der Waals surface area contributed by atoms with Crippen molar-refractivity contribution >= 4 is 35.1 Å². The van der Waals surface area contributed by atoms with Gasteiger partial charge in [0, 0.05) is 56.4 Å². The Morgan fingerprint density at radius 3 is 2.50 bits per heavy atom. The van der Waals surface area contributed by atoms with Gasteiger partial charge in [-0.25, -0.2) is 4.99 Å². The zero-order chi connectivity index (χ0) is 20.5. The minimum absolute atomic E-state index is 0.0327. The number of nitrogens with zero attached hydrogens (tertiary/aromatic N) is 3. The minimum Gasteiger partial charge on any atom is -0.354 e. The van der Waals surface area contributed by atoms with Crippen LogP contribution in [0.5, 0.6) is 0 Å². The first-order chi connectivity index (χ1) is 13.4. The fourth-order valence-corrected chi connectivity index (χ4v) is 3.57. The van der Waals surface area contributed by atoms with Gasteiger partial charge in [-0.3, -0.25) is 9.69 Å². The highest BCUT2D eigenvalue weighted by atomic mass is 35.5. The molecule has 0 bridgehead atoms. The van der Waals surface area contributed by atoms with Crippen LogP contribution in [0.2, 0.25) is 10.0 Å². The van der Waals surface area contributed by atoms with Gasteiger partial charge in [-0.05, 0) is 36.6 Å². The third-order valence-corrected chi connectivity index (χ3v) is 4.98. The molecule has 0 spiro atoms. The van der Waals surface area contributed by atoms with Crippen LogP contribution in [-0.2, 0) is 11.3 Å². The van der Waals surface area contributed by atoms with E-state index in [4.69, 9.17) is 23.2 Å². The van der Waals surface area contributed by atoms with E-state index < -0.39 is 0 Å². The van der Waals surface area contributed by atoms with Gasteiger partial charge in [0.25, 0.3) is 0 Å². The first kappa shape index (κ1) is 22.5. The Morgan fingerprint density at radius 1 is 1.29 bits per heavy atom. The van der Waals surface area contributed by atoms with E-state index in [2.05, 4.69) is 27.1 Å². The molecule has 1 amide bonds. The molecule has 28 heavy (non-hydrogen) atoms. The molecular weight excluding hydrogens is 397 g/mol. The van der Waals surface area contributed by atoms with Crippen molar-refractivity contribution in [3.05, 3.63) is 46.5 Å². The maximum absolute atomic E-state index is 11.8. The molecule has 1 saturated heterocycles. The van der Waals surface area contributed by atoms with Gasteiger partial charge in [0.2, 0.25) is 5.91 Å². The summed E-state index contributed by atoms with van der Waals surface area (Å²) in [5.41, 5.74) is 1.13. The molecule has 8 heteroatoms. The average Bonchev–Trinajstić information content (AvgIpc) is 2.64. The first-order valence-corrected chi connectivity index (χ1v) is 10.2. The maximum Gasteiger partial charge on any atom is 0.243 e. The van der Waals surface area contributed by atoms with Crippen molar-refractivity contribution in [1.29, 1.82) is 0 Å². The Labute approximate surface area is 177 Å². The lowest BCUT2D eigenvalue weighted by atomic mass is 10.0. The van der Waals surface area contributed by atoms with Crippen molar-refractivity contribution in [3.8, 4) is 0 Å². The smallest absolute Gasteiger partial charge is 0.243 e. The van der Waals surface area contributed by atoms with Gasteiger partial charge in [0.1, 0.15) is 6.54 Å². The van der Waals surface area contributed by atoms with E-state index in [0.29, 0.717) is 28.6 Å². The zero-order valence-corrected chi connectivity index (χ0v) is 18.1. The van der Waals surface area contributed by atoms with Crippen LogP contribution in [-0.4, -0.2) is 68.0 Å². The molecule has 2 N–H and O–H groups in total. The summed E-state index contributed by atoms with van der Waals surface area (Å²) in [5.74, 6) is 0.616. The van der Waals surface area contributed by atoms with Crippen molar-refractivity contribution in [2.75, 3.05) is 40.3 Å². The van der Waals surface area contributed by atoms with Crippen LogP contribution in [0.15, 0.2) is 35.8 Å². The third kappa shape index (κ3) is 7.70. The van der Waals surface area contributed by atoms with Crippen LogP contribution in [0, 0.1) is 0 Å². The van der Waals surface area contributed by atoms with Crippen molar-refractivity contribution in [3.63, 3.8) is 0 Å². The molecule has 0 aromatic heterocycles. The number of piperidine rings is 1. The van der Waals surface area contributed by atoms with Gasteiger partial charge in [-0.15, -0.1) is 6.58 Å². The van der Waals surface area contributed by atoms with Gasteiger partial charge in [0.15, 0.2) is 5.96 Å². The Bertz CT molecular complexity index is 680. The molecule has 0 aliphatic carbocycles. The number of nitrogens with one attached hydrogen (secondary N) is 2. The fraction of sp³-hybridized carbons (Fsp3) is 0.500. The number of aliphatic imine (C=N–C) groups is 1. The molecular formula is C20H29Cl2N5O. The van der Waals surface area contributed by atoms with Gasteiger partial charge < -0.3 is 15.5 Å². The summed E-state index contributed by atoms with van der Waals surface area (Å²) in [4.78, 5) is 20.1. The highest BCUT2D eigenvalue weighted by Gasteiger charge is 2.20. The summed E-state index contributed by atoms with van der Waals surface area (Å²) >= 11 is 12.2. The monoisotopic (exact) mass is 425 g/mol. The van der Waals surface area contributed by atoms with E-state index in [-0.39, 0.29) is 12.5 Å². The molecule has 0 radical (unpaired) electrons. The van der Waals surface area contributed by atoms with Crippen molar-refractivity contribution in [2.24, 2.45) is 4.99 Å². The number of likely N-dealkylation sites (N-methyl/N-ethyl adjacent to an activating group) is 1. The number of hydrogen-bond donors (Lipinski definition) is 2. The summed E-state index contributed by atoms with van der Waals surface area (Å²) < 4.78 is 0. The van der Waals surface area contributed by atoms with Gasteiger partial charge >= 0.3 is 0 Å². The second-order valence-corrected chi connectivity index (χ2v) is 7.97. The highest BCUT2D eigenvalue weighted by Crippen LogP contribution is 2.21. The summed E-state index contributed by atoms with van der Waals surface area (Å²) in [6.07, 6.45) is 3.75. The topological polar surface area (TPSA) is 60.0 Å². The van der Waals surface area contributed by atoms with Crippen LogP contribution in [0.1, 0.15) is 18.4 Å². The molecule has 1 fully saturated rings. The summed E-state index contributed by atoms with van der Waals surface area (Å²) in [5, 5.41) is 7.96. The van der Waals surface area contributed by atoms with E-state index in [1.165, 1.54) is 4.90 Å². The number of rotatable bonds is 7. The standard InChI is InChI=1S/C20H29Cl2N5O/c1-4-7-23-20(24-13-19(28)26(2)3)25-18-5-8-27(9-6-18)14-15-10-16(21)12-17(22)11-15/h4,10-12,18H,1,5-9,13-14H2,2-3H3,(H2,23,24,25). The van der Waals surface area contributed by atoms with E-state index in [1.807, 2.05) is 12.1 Å². The lowest BCUT2D eigenvalue weighted by Gasteiger charge is -2.33. The van der Waals surface area contributed by atoms with Crippen molar-refractivity contribution < 1.29 is 4.79 Å². The number of benzene rings is 1. The van der Waals surface area contributed by atoms with Gasteiger partial charge in [0.05, 0.1) is 0 Å². The summed E-state index contributed by atoms with van der Waals surface area (Å²) in [6.45, 7) is 7.20. The number of carbonyl (C=O) groups excluding carboxylic acids is 1. The Hall–Kier alpha value is -1.76. The Balaban J connectivity index is 1.86. The molecule has 154 valence electrons. The molecule has 1 aliphatic rings. The second-order valence-electron chi connectivity index (χ2n) is 7.10. The van der Waals surface area contributed by atoms with Crippen LogP contribution in [0.25, 0.3) is 0 Å². The molecule has 1 aromatic rings. The Kier molecular flexibility index (Phi) is 9.09. The summed E-state index contributed by atoms with van der Waals surface area (Å²) in [6, 6.07) is 5.98. The third-order valence-electron chi connectivity index (χ3n) is 4.54. The van der Waals surface area contributed by atoms with Crippen molar-refractivity contribution in [2.45, 2.75) is 25.4 Å². The largest absolute Gasteiger partial charge is 0.354 e. The zero-order valence-electron chi connectivity index (χ0n) is 16.5. The maximum atomic E-state index is 11.8. The number of carbonyl (C=O) groups is 1. The average molecular weight is 426 g/mol. The molecule has 6 nitrogen and oxygen atoms in total. The van der Waals surface area contributed by atoms with E-state index in [9.17, 15) is 4.79 Å². The quantitative estimate of drug-likeness (QED) is 0.400. The van der Waals surface area contributed by atoms with E-state index in [0.717, 1.165) is 38.0 Å². The number of likely N-dealkylation sites (tertiary alicyclic amines) is 1. The predicted octanol–water partition coefficient (Wildman–Crippen LogP) is 2.77. The molecule has 1 aliphatic heterocycles. The first-order valence-electron chi connectivity index (χ1n) is 9.40. The van der Waals surface area contributed by atoms with E-state index in [1.54, 1.807) is 26.2 Å². The molecule has 0 atom stereocenters. The van der Waals surface area contributed by atoms with Crippen LogP contribution in [0.4, 0.5) is 0 Å². The summed E-state index contributed by atoms with van der Waals surface area (Å²) in [7, 11) is 3.45. The number of amides is 1. The second kappa shape index (κ2) is 11.3. The highest BCUT2D eigenvalue weighted by molar-refractivity contribution is 6.34. The molecule has 1 heterocycles. The molecule has 1 aromatic carbocycles. The Morgan fingerprint density at radius 2 is 1.93 bits per heavy atom. The lowest BCUT2D eigenvalue weighted by Crippen LogP contribution is -2.48. The fourth-order valence-electron chi connectivity index (χ4n) is 3.00. The minimum atomic E-state index is -0.0327. The lowest BCUT2D eigenvalue weighted by molar-refractivity contribution is -0.127. The van der Waals surface area contributed by atoms with Crippen LogP contribution < -0.4 is 10.6 Å². The molecule has 2 rings (SSSR count). The SMILES string of the molecule is C=CCNC(=NCC(=O)N(C)C)NC1CCN(Cc2cc(Cl)cc(Cl)c2)CC1. The molecule has 0 unspecified atom stereocenters. The van der Waals surface area contributed by atoms with Crippen LogP contribution in [0.3, 0.4) is 0 Å². The van der Waals surface area contributed by atoms with E-state index >= 15 is 0 Å². The van der Waals surface area contributed by atoms with Gasteiger partial charge in [-0.2, -0.15) is 0 Å². The number of halogens is 2. The number of guanidine groups is 1. The molecule has 0 saturated carbocycles. The van der Waals surface area contributed by atoms with Crippen molar-refractivity contribution in [1.82, 2.24) is 20.4 Å². The number of hydrogen-bond acceptors (Lipinski definition) is 3. The normalized spacial score (nSPS) is 15.9. The van der Waals surface area contributed by atoms with Crippen LogP contribution >= 0.6 is 23.2 Å².